The molecule has 19 heavy (non-hydrogen) atoms. The van der Waals surface area contributed by atoms with Crippen LogP contribution in [-0.4, -0.2) is 15.9 Å². The summed E-state index contributed by atoms with van der Waals surface area (Å²) in [4.78, 5) is 30.5. The Balaban J connectivity index is 2.11. The maximum Gasteiger partial charge on any atom is 0.271 e. The number of amides is 1. The van der Waals surface area contributed by atoms with Crippen LogP contribution in [0.3, 0.4) is 0 Å². The first-order valence-corrected chi connectivity index (χ1v) is 6.75. The van der Waals surface area contributed by atoms with E-state index in [1.54, 1.807) is 5.38 Å². The second-order valence-electron chi connectivity index (χ2n) is 4.38. The average molecular weight is 277 g/mol. The summed E-state index contributed by atoms with van der Waals surface area (Å²) in [6, 6.07) is 1.88. The molecule has 100 valence electrons. The fourth-order valence-electron chi connectivity index (χ4n) is 1.83. The molecule has 2 rings (SSSR count). The van der Waals surface area contributed by atoms with Gasteiger partial charge < -0.3 is 10.3 Å². The number of nitrogens with one attached hydrogen (secondary N) is 2. The predicted molar refractivity (Wildman–Crippen MR) is 74.6 cm³/mol. The third-order valence-electron chi connectivity index (χ3n) is 2.77. The number of carbonyl (C=O) groups excluding carboxylic acids is 1. The van der Waals surface area contributed by atoms with Gasteiger partial charge in [0.05, 0.1) is 5.01 Å². The predicted octanol–water partition coefficient (Wildman–Crippen LogP) is 1.69. The zero-order valence-electron chi connectivity index (χ0n) is 11.0. The Morgan fingerprint density at radius 2 is 2.16 bits per heavy atom. The van der Waals surface area contributed by atoms with Gasteiger partial charge in [0.2, 0.25) is 0 Å². The van der Waals surface area contributed by atoms with Crippen molar-refractivity contribution in [3.05, 3.63) is 49.3 Å². The van der Waals surface area contributed by atoms with E-state index in [0.29, 0.717) is 11.3 Å². The highest BCUT2D eigenvalue weighted by Crippen LogP contribution is 2.08. The fourth-order valence-corrected chi connectivity index (χ4v) is 2.42. The van der Waals surface area contributed by atoms with Crippen LogP contribution in [0.4, 0.5) is 0 Å². The first kappa shape index (κ1) is 13.5. The van der Waals surface area contributed by atoms with Crippen LogP contribution >= 0.6 is 11.3 Å². The van der Waals surface area contributed by atoms with Gasteiger partial charge in [-0.05, 0) is 32.4 Å². The van der Waals surface area contributed by atoms with E-state index in [4.69, 9.17) is 0 Å². The molecule has 2 aromatic rings. The van der Waals surface area contributed by atoms with Crippen LogP contribution in [0.25, 0.3) is 0 Å². The number of rotatable bonds is 3. The lowest BCUT2D eigenvalue weighted by atomic mass is 10.1. The molecule has 1 amide bonds. The van der Waals surface area contributed by atoms with Crippen LogP contribution in [-0.2, 0) is 6.54 Å². The van der Waals surface area contributed by atoms with E-state index in [2.05, 4.69) is 15.3 Å². The van der Waals surface area contributed by atoms with E-state index in [0.717, 1.165) is 16.3 Å². The largest absolute Gasteiger partial charge is 0.346 e. The number of thiazole rings is 1. The summed E-state index contributed by atoms with van der Waals surface area (Å²) in [5.41, 5.74) is 2.49. The van der Waals surface area contributed by atoms with Crippen LogP contribution in [0.1, 0.15) is 32.3 Å². The van der Waals surface area contributed by atoms with Crippen LogP contribution < -0.4 is 10.9 Å². The Hall–Kier alpha value is -1.95. The van der Waals surface area contributed by atoms with Crippen molar-refractivity contribution >= 4 is 17.2 Å². The summed E-state index contributed by atoms with van der Waals surface area (Å²) >= 11 is 1.42. The molecule has 6 heteroatoms. The lowest BCUT2D eigenvalue weighted by Gasteiger charge is -2.07. The van der Waals surface area contributed by atoms with E-state index in [1.807, 2.05) is 26.8 Å². The molecule has 0 atom stereocenters. The van der Waals surface area contributed by atoms with Gasteiger partial charge in [-0.2, -0.15) is 0 Å². The molecule has 0 radical (unpaired) electrons. The Morgan fingerprint density at radius 3 is 2.74 bits per heavy atom. The Morgan fingerprint density at radius 1 is 1.42 bits per heavy atom. The molecule has 0 saturated heterocycles. The van der Waals surface area contributed by atoms with E-state index >= 15 is 0 Å². The molecule has 0 bridgehead atoms. The van der Waals surface area contributed by atoms with Crippen molar-refractivity contribution in [3.63, 3.8) is 0 Å². The van der Waals surface area contributed by atoms with Crippen LogP contribution in [0.2, 0.25) is 0 Å². The van der Waals surface area contributed by atoms with E-state index in [1.165, 1.54) is 11.3 Å². The first-order chi connectivity index (χ1) is 8.97. The van der Waals surface area contributed by atoms with Crippen LogP contribution in [0.15, 0.2) is 16.2 Å². The van der Waals surface area contributed by atoms with E-state index in [-0.39, 0.29) is 18.0 Å². The monoisotopic (exact) mass is 277 g/mol. The zero-order valence-corrected chi connectivity index (χ0v) is 11.9. The maximum absolute atomic E-state index is 11.8. The first-order valence-electron chi connectivity index (χ1n) is 5.87. The number of H-pyrrole nitrogens is 1. The normalized spacial score (nSPS) is 10.5. The topological polar surface area (TPSA) is 74.8 Å². The second-order valence-corrected chi connectivity index (χ2v) is 5.44. The van der Waals surface area contributed by atoms with Gasteiger partial charge >= 0.3 is 0 Å². The van der Waals surface area contributed by atoms with Gasteiger partial charge in [0.25, 0.3) is 11.5 Å². The van der Waals surface area contributed by atoms with Gasteiger partial charge in [-0.1, -0.05) is 0 Å². The molecule has 0 aromatic carbocycles. The number of hydrogen-bond donors (Lipinski definition) is 2. The number of carbonyl (C=O) groups is 1. The van der Waals surface area contributed by atoms with Crippen molar-refractivity contribution in [1.29, 1.82) is 0 Å². The summed E-state index contributed by atoms with van der Waals surface area (Å²) in [5, 5.41) is 5.26. The molecule has 5 nitrogen and oxygen atoms in total. The molecule has 0 unspecified atom stereocenters. The van der Waals surface area contributed by atoms with E-state index in [9.17, 15) is 9.59 Å². The molecule has 2 heterocycles. The van der Waals surface area contributed by atoms with Crippen molar-refractivity contribution < 1.29 is 4.79 Å². The SMILES string of the molecule is Cc1cc(C)c(CNC(=O)c2csc(C)n2)c(=O)[nH]1. The fraction of sp³-hybridized carbons (Fsp3) is 0.308. The van der Waals surface area contributed by atoms with Gasteiger partial charge in [-0.25, -0.2) is 4.98 Å². The molecule has 0 spiro atoms. The van der Waals surface area contributed by atoms with Gasteiger partial charge in [0.1, 0.15) is 5.69 Å². The van der Waals surface area contributed by atoms with Gasteiger partial charge in [0, 0.05) is 23.2 Å². The number of aromatic amines is 1. The third-order valence-corrected chi connectivity index (χ3v) is 3.54. The number of pyridine rings is 1. The molecule has 0 fully saturated rings. The molecule has 0 aliphatic carbocycles. The average Bonchev–Trinajstić information content (AvgIpc) is 2.74. The summed E-state index contributed by atoms with van der Waals surface area (Å²) in [5.74, 6) is -0.260. The Labute approximate surface area is 114 Å². The summed E-state index contributed by atoms with van der Waals surface area (Å²) in [6.07, 6.45) is 0. The maximum atomic E-state index is 11.8. The van der Waals surface area contributed by atoms with Crippen molar-refractivity contribution in [2.45, 2.75) is 27.3 Å². The quantitative estimate of drug-likeness (QED) is 0.896. The third kappa shape index (κ3) is 3.08. The minimum atomic E-state index is -0.260. The lowest BCUT2D eigenvalue weighted by Crippen LogP contribution is -2.28. The standard InChI is InChI=1S/C13H15N3O2S/c1-7-4-8(2)15-12(17)10(7)5-14-13(18)11-6-19-9(3)16-11/h4,6H,5H2,1-3H3,(H,14,18)(H,15,17). The van der Waals surface area contributed by atoms with Gasteiger partial charge in [-0.15, -0.1) is 11.3 Å². The smallest absolute Gasteiger partial charge is 0.271 e. The number of hydrogen-bond acceptors (Lipinski definition) is 4. The van der Waals surface area contributed by atoms with Crippen molar-refractivity contribution in [2.24, 2.45) is 0 Å². The highest BCUT2D eigenvalue weighted by molar-refractivity contribution is 7.09. The molecule has 2 aromatic heterocycles. The molecule has 2 N–H and O–H groups in total. The van der Waals surface area contributed by atoms with Crippen molar-refractivity contribution in [2.75, 3.05) is 0 Å². The number of nitrogens with zero attached hydrogens (tertiary/aromatic N) is 1. The minimum absolute atomic E-state index is 0.160. The van der Waals surface area contributed by atoms with Gasteiger partial charge in [-0.3, -0.25) is 9.59 Å². The number of aromatic nitrogens is 2. The van der Waals surface area contributed by atoms with Crippen LogP contribution in [0, 0.1) is 20.8 Å². The van der Waals surface area contributed by atoms with Crippen LogP contribution in [0.5, 0.6) is 0 Å². The molecule has 0 saturated carbocycles. The second kappa shape index (κ2) is 5.36. The Kier molecular flexibility index (Phi) is 3.80. The molecule has 0 aliphatic rings. The Bertz CT molecular complexity index is 673. The van der Waals surface area contributed by atoms with Crippen molar-refractivity contribution in [1.82, 2.24) is 15.3 Å². The number of aryl methyl sites for hydroxylation is 3. The van der Waals surface area contributed by atoms with Crippen molar-refractivity contribution in [3.8, 4) is 0 Å². The molecular formula is C13H15N3O2S. The highest BCUT2D eigenvalue weighted by atomic mass is 32.1. The summed E-state index contributed by atoms with van der Waals surface area (Å²) in [6.45, 7) is 5.73. The lowest BCUT2D eigenvalue weighted by molar-refractivity contribution is 0.0946. The molecule has 0 aliphatic heterocycles. The van der Waals surface area contributed by atoms with Gasteiger partial charge in [0.15, 0.2) is 0 Å². The zero-order chi connectivity index (χ0) is 14.0. The minimum Gasteiger partial charge on any atom is -0.346 e. The summed E-state index contributed by atoms with van der Waals surface area (Å²) in [7, 11) is 0. The van der Waals surface area contributed by atoms with E-state index < -0.39 is 0 Å². The highest BCUT2D eigenvalue weighted by Gasteiger charge is 2.11. The molecular weight excluding hydrogens is 262 g/mol. The summed E-state index contributed by atoms with van der Waals surface area (Å²) < 4.78 is 0.